The summed E-state index contributed by atoms with van der Waals surface area (Å²) in [4.78, 5) is 14.4. The normalized spacial score (nSPS) is 11.1. The van der Waals surface area contributed by atoms with Crippen LogP contribution in [0.15, 0.2) is 48.5 Å². The minimum atomic E-state index is -0.584. The van der Waals surface area contributed by atoms with Gasteiger partial charge in [0.05, 0.1) is 5.54 Å². The van der Waals surface area contributed by atoms with E-state index in [1.807, 2.05) is 51.0 Å². The number of halogens is 1. The Labute approximate surface area is 130 Å². The standard InChI is InChI=1S/C18H21FN2O/c1-18(2,14-8-10-15(19)11-9-14)20-17(22)13-6-5-7-16(12-13)21(3)4/h5-12H,1-4H3,(H,20,22). The highest BCUT2D eigenvalue weighted by atomic mass is 19.1. The first kappa shape index (κ1) is 16.0. The molecule has 22 heavy (non-hydrogen) atoms. The van der Waals surface area contributed by atoms with Crippen molar-refractivity contribution in [3.63, 3.8) is 0 Å². The van der Waals surface area contributed by atoms with Crippen molar-refractivity contribution in [2.75, 3.05) is 19.0 Å². The molecule has 0 fully saturated rings. The molecule has 0 heterocycles. The van der Waals surface area contributed by atoms with Crippen LogP contribution in [-0.2, 0) is 5.54 Å². The zero-order valence-electron chi connectivity index (χ0n) is 13.4. The van der Waals surface area contributed by atoms with Gasteiger partial charge >= 0.3 is 0 Å². The zero-order valence-corrected chi connectivity index (χ0v) is 13.4. The summed E-state index contributed by atoms with van der Waals surface area (Å²) in [6, 6.07) is 13.6. The van der Waals surface area contributed by atoms with Crippen molar-refractivity contribution >= 4 is 11.6 Å². The SMILES string of the molecule is CN(C)c1cccc(C(=O)NC(C)(C)c2ccc(F)cc2)c1. The van der Waals surface area contributed by atoms with E-state index in [9.17, 15) is 9.18 Å². The molecule has 0 radical (unpaired) electrons. The Hall–Kier alpha value is -2.36. The molecule has 0 aliphatic heterocycles. The van der Waals surface area contributed by atoms with Crippen LogP contribution < -0.4 is 10.2 Å². The number of carbonyl (C=O) groups is 1. The molecule has 4 heteroatoms. The van der Waals surface area contributed by atoms with Crippen molar-refractivity contribution in [1.82, 2.24) is 5.32 Å². The zero-order chi connectivity index (χ0) is 16.3. The molecule has 2 aromatic rings. The van der Waals surface area contributed by atoms with Crippen molar-refractivity contribution < 1.29 is 9.18 Å². The number of hydrogen-bond acceptors (Lipinski definition) is 2. The Morgan fingerprint density at radius 1 is 1.09 bits per heavy atom. The van der Waals surface area contributed by atoms with Crippen molar-refractivity contribution in [3.05, 3.63) is 65.5 Å². The van der Waals surface area contributed by atoms with Crippen LogP contribution >= 0.6 is 0 Å². The topological polar surface area (TPSA) is 32.3 Å². The molecule has 0 spiro atoms. The minimum Gasteiger partial charge on any atom is -0.378 e. The molecule has 2 aromatic carbocycles. The molecule has 3 nitrogen and oxygen atoms in total. The van der Waals surface area contributed by atoms with Gasteiger partial charge in [-0.3, -0.25) is 4.79 Å². The Kier molecular flexibility index (Phi) is 4.50. The maximum absolute atomic E-state index is 13.0. The van der Waals surface area contributed by atoms with Gasteiger partial charge in [0, 0.05) is 25.3 Å². The van der Waals surface area contributed by atoms with Crippen molar-refractivity contribution in [2.24, 2.45) is 0 Å². The van der Waals surface area contributed by atoms with E-state index in [-0.39, 0.29) is 11.7 Å². The third kappa shape index (κ3) is 3.64. The van der Waals surface area contributed by atoms with Crippen LogP contribution in [0.4, 0.5) is 10.1 Å². The third-order valence-electron chi connectivity index (χ3n) is 3.62. The molecule has 116 valence electrons. The lowest BCUT2D eigenvalue weighted by Crippen LogP contribution is -2.41. The van der Waals surface area contributed by atoms with Gasteiger partial charge in [0.15, 0.2) is 0 Å². The molecule has 0 aliphatic carbocycles. The lowest BCUT2D eigenvalue weighted by molar-refractivity contribution is 0.0912. The fourth-order valence-electron chi connectivity index (χ4n) is 2.22. The van der Waals surface area contributed by atoms with E-state index in [0.717, 1.165) is 11.3 Å². The number of benzene rings is 2. The van der Waals surface area contributed by atoms with Crippen LogP contribution in [0.3, 0.4) is 0 Å². The number of anilines is 1. The van der Waals surface area contributed by atoms with Gasteiger partial charge in [0.2, 0.25) is 0 Å². The second-order valence-corrected chi connectivity index (χ2v) is 6.03. The molecule has 0 saturated heterocycles. The first-order valence-electron chi connectivity index (χ1n) is 7.15. The van der Waals surface area contributed by atoms with E-state index in [1.54, 1.807) is 18.2 Å². The summed E-state index contributed by atoms with van der Waals surface area (Å²) in [5, 5.41) is 2.99. The summed E-state index contributed by atoms with van der Waals surface area (Å²) >= 11 is 0. The smallest absolute Gasteiger partial charge is 0.252 e. The van der Waals surface area contributed by atoms with Crippen molar-refractivity contribution in [3.8, 4) is 0 Å². The third-order valence-corrected chi connectivity index (χ3v) is 3.62. The van der Waals surface area contributed by atoms with E-state index in [0.29, 0.717) is 5.56 Å². The van der Waals surface area contributed by atoms with Gasteiger partial charge in [0.1, 0.15) is 5.82 Å². The van der Waals surface area contributed by atoms with E-state index in [2.05, 4.69) is 5.32 Å². The first-order chi connectivity index (χ1) is 10.3. The van der Waals surface area contributed by atoms with Gasteiger partial charge in [0.25, 0.3) is 5.91 Å². The second-order valence-electron chi connectivity index (χ2n) is 6.03. The van der Waals surface area contributed by atoms with E-state index in [4.69, 9.17) is 0 Å². The van der Waals surface area contributed by atoms with E-state index < -0.39 is 5.54 Å². The fraction of sp³-hybridized carbons (Fsp3) is 0.278. The second kappa shape index (κ2) is 6.18. The molecule has 0 aliphatic rings. The first-order valence-corrected chi connectivity index (χ1v) is 7.15. The van der Waals surface area contributed by atoms with Crippen molar-refractivity contribution in [2.45, 2.75) is 19.4 Å². The average molecular weight is 300 g/mol. The van der Waals surface area contributed by atoms with Crippen LogP contribution in [0, 0.1) is 5.82 Å². The predicted molar refractivity (Wildman–Crippen MR) is 87.7 cm³/mol. The highest BCUT2D eigenvalue weighted by molar-refractivity contribution is 5.95. The number of rotatable bonds is 4. The molecule has 0 bridgehead atoms. The molecule has 1 N–H and O–H groups in total. The summed E-state index contributed by atoms with van der Waals surface area (Å²) in [6.07, 6.45) is 0. The number of nitrogens with zero attached hydrogens (tertiary/aromatic N) is 1. The Morgan fingerprint density at radius 3 is 2.32 bits per heavy atom. The predicted octanol–water partition coefficient (Wildman–Crippen LogP) is 3.56. The van der Waals surface area contributed by atoms with Gasteiger partial charge in [-0.15, -0.1) is 0 Å². The highest BCUT2D eigenvalue weighted by Gasteiger charge is 2.23. The minimum absolute atomic E-state index is 0.155. The summed E-state index contributed by atoms with van der Waals surface area (Å²) < 4.78 is 13.0. The van der Waals surface area contributed by atoms with Crippen LogP contribution in [0.2, 0.25) is 0 Å². The summed E-state index contributed by atoms with van der Waals surface area (Å²) in [5.41, 5.74) is 1.83. The van der Waals surface area contributed by atoms with Gasteiger partial charge in [-0.1, -0.05) is 18.2 Å². The Balaban J connectivity index is 2.20. The molecule has 1 amide bonds. The number of hydrogen-bond donors (Lipinski definition) is 1. The summed E-state index contributed by atoms with van der Waals surface area (Å²) in [5.74, 6) is -0.442. The number of amides is 1. The van der Waals surface area contributed by atoms with Gasteiger partial charge < -0.3 is 10.2 Å². The van der Waals surface area contributed by atoms with Crippen LogP contribution in [0.25, 0.3) is 0 Å². The summed E-state index contributed by atoms with van der Waals surface area (Å²) in [7, 11) is 3.86. The number of carbonyl (C=O) groups excluding carboxylic acids is 1. The summed E-state index contributed by atoms with van der Waals surface area (Å²) in [6.45, 7) is 3.79. The molecule has 0 saturated carbocycles. The largest absolute Gasteiger partial charge is 0.378 e. The number of nitrogens with one attached hydrogen (secondary N) is 1. The molecule has 0 atom stereocenters. The quantitative estimate of drug-likeness (QED) is 0.936. The molecule has 0 unspecified atom stereocenters. The van der Waals surface area contributed by atoms with Gasteiger partial charge in [-0.05, 0) is 49.7 Å². The van der Waals surface area contributed by atoms with E-state index >= 15 is 0 Å². The highest BCUT2D eigenvalue weighted by Crippen LogP contribution is 2.21. The van der Waals surface area contributed by atoms with Crippen molar-refractivity contribution in [1.29, 1.82) is 0 Å². The Morgan fingerprint density at radius 2 is 1.73 bits per heavy atom. The van der Waals surface area contributed by atoms with E-state index in [1.165, 1.54) is 12.1 Å². The maximum Gasteiger partial charge on any atom is 0.252 e. The van der Waals surface area contributed by atoms with Gasteiger partial charge in [-0.2, -0.15) is 0 Å². The fourth-order valence-corrected chi connectivity index (χ4v) is 2.22. The monoisotopic (exact) mass is 300 g/mol. The molecule has 2 rings (SSSR count). The van der Waals surface area contributed by atoms with Gasteiger partial charge in [-0.25, -0.2) is 4.39 Å². The Bertz CT molecular complexity index is 663. The molecule has 0 aromatic heterocycles. The molecular weight excluding hydrogens is 279 g/mol. The maximum atomic E-state index is 13.0. The molecular formula is C18H21FN2O. The lowest BCUT2D eigenvalue weighted by atomic mass is 9.94. The van der Waals surface area contributed by atoms with Crippen LogP contribution in [0.1, 0.15) is 29.8 Å². The van der Waals surface area contributed by atoms with Crippen LogP contribution in [0.5, 0.6) is 0 Å². The average Bonchev–Trinajstić information content (AvgIpc) is 2.47. The lowest BCUT2D eigenvalue weighted by Gasteiger charge is -2.27. The van der Waals surface area contributed by atoms with Crippen LogP contribution in [-0.4, -0.2) is 20.0 Å².